The standard InChI is InChI=1S/C51H59F39O6/c52-34(53,37(58,59)40(64,65)43(70,71)46(76,77)49(82,83)84)25-19-13-7-1-4-10-16-22-31(91)94-28-30(96-33(93)24-18-12-6-3-9-15-21-27-36(56,57)39(62,63)42(68,69)45(74,75)48(80,81)51(88,89)90)29-95-32(92)23-17-11-5-2-8-14-20-26-35(54,55)38(60,61)41(66,67)44(72,73)47(78,79)50(85,86)87/h30H,1-29H2. The van der Waals surface area contributed by atoms with Crippen LogP contribution in [0.3, 0.4) is 0 Å². The van der Waals surface area contributed by atoms with E-state index in [1.807, 2.05) is 0 Å². The van der Waals surface area contributed by atoms with Crippen molar-refractivity contribution < 1.29 is 200 Å². The molecule has 0 saturated heterocycles. The first-order valence-corrected chi connectivity index (χ1v) is 28.1. The Hall–Kier alpha value is -4.32. The van der Waals surface area contributed by atoms with Gasteiger partial charge in [-0.1, -0.05) is 96.3 Å². The normalized spacial score (nSPS) is 15.0. The van der Waals surface area contributed by atoms with E-state index in [9.17, 15) is 186 Å². The summed E-state index contributed by atoms with van der Waals surface area (Å²) in [4.78, 5) is 37.6. The summed E-state index contributed by atoms with van der Waals surface area (Å²) in [7, 11) is 0. The Labute approximate surface area is 517 Å². The van der Waals surface area contributed by atoms with Crippen LogP contribution in [0.1, 0.15) is 173 Å². The minimum absolute atomic E-state index is 0.00898. The molecule has 0 radical (unpaired) electrons. The first-order chi connectivity index (χ1) is 42.7. The van der Waals surface area contributed by atoms with Crippen molar-refractivity contribution in [2.24, 2.45) is 0 Å². The van der Waals surface area contributed by atoms with Crippen molar-refractivity contribution in [2.45, 2.75) is 287 Å². The van der Waals surface area contributed by atoms with E-state index in [0.29, 0.717) is 0 Å². The average molecular weight is 1510 g/mol. The third-order valence-corrected chi connectivity index (χ3v) is 14.3. The maximum atomic E-state index is 14.1. The Morgan fingerprint density at radius 1 is 0.208 bits per heavy atom. The molecule has 0 aromatic rings. The van der Waals surface area contributed by atoms with Crippen molar-refractivity contribution in [3.8, 4) is 0 Å². The largest absolute Gasteiger partial charge is 0.462 e. The number of esters is 3. The van der Waals surface area contributed by atoms with Gasteiger partial charge >= 0.3 is 125 Å². The number of alkyl halides is 39. The maximum Gasteiger partial charge on any atom is 0.460 e. The molecule has 0 unspecified atom stereocenters. The van der Waals surface area contributed by atoms with Gasteiger partial charge in [-0.15, -0.1) is 0 Å². The molecule has 0 saturated carbocycles. The molecular weight excluding hydrogens is 1450 g/mol. The van der Waals surface area contributed by atoms with Gasteiger partial charge in [0.05, 0.1) is 0 Å². The van der Waals surface area contributed by atoms with Crippen LogP contribution in [-0.2, 0) is 28.6 Å². The zero-order valence-electron chi connectivity index (χ0n) is 48.8. The summed E-state index contributed by atoms with van der Waals surface area (Å²) in [6.45, 7) is -1.76. The highest BCUT2D eigenvalue weighted by Gasteiger charge is 2.93. The molecule has 572 valence electrons. The highest BCUT2D eigenvalue weighted by Crippen LogP contribution is 2.64. The van der Waals surface area contributed by atoms with Gasteiger partial charge in [0.1, 0.15) is 13.2 Å². The molecule has 0 N–H and O–H groups in total. The second kappa shape index (κ2) is 33.4. The molecule has 0 aliphatic rings. The van der Waals surface area contributed by atoms with Gasteiger partial charge < -0.3 is 14.2 Å². The maximum absolute atomic E-state index is 14.1. The van der Waals surface area contributed by atoms with Crippen LogP contribution < -0.4 is 0 Å². The lowest BCUT2D eigenvalue weighted by atomic mass is 9.91. The molecule has 0 amide bonds. The highest BCUT2D eigenvalue weighted by atomic mass is 19.5. The summed E-state index contributed by atoms with van der Waals surface area (Å²) in [6, 6.07) is 0. The minimum atomic E-state index is -8.07. The van der Waals surface area contributed by atoms with Crippen LogP contribution in [-0.4, -0.2) is 145 Å². The number of carbonyl (C=O) groups is 3. The second-order valence-electron chi connectivity index (χ2n) is 21.9. The molecule has 6 nitrogen and oxygen atoms in total. The fraction of sp³-hybridized carbons (Fsp3) is 0.941. The molecule has 0 atom stereocenters. The van der Waals surface area contributed by atoms with Gasteiger partial charge in [-0.25, -0.2) is 0 Å². The smallest absolute Gasteiger partial charge is 0.460 e. The van der Waals surface area contributed by atoms with Crippen LogP contribution >= 0.6 is 0 Å². The number of hydrogen-bond acceptors (Lipinski definition) is 6. The van der Waals surface area contributed by atoms with E-state index < -0.39 is 222 Å². The number of hydrogen-bond donors (Lipinski definition) is 0. The molecule has 0 rings (SSSR count). The van der Waals surface area contributed by atoms with E-state index in [1.165, 1.54) is 0 Å². The Balaban J connectivity index is 5.48. The van der Waals surface area contributed by atoms with E-state index in [0.717, 1.165) is 0 Å². The lowest BCUT2D eigenvalue weighted by molar-refractivity contribution is -0.440. The summed E-state index contributed by atoms with van der Waals surface area (Å²) >= 11 is 0. The van der Waals surface area contributed by atoms with Gasteiger partial charge in [0.2, 0.25) is 0 Å². The van der Waals surface area contributed by atoms with Crippen LogP contribution in [0.15, 0.2) is 0 Å². The van der Waals surface area contributed by atoms with Gasteiger partial charge in [-0.3, -0.25) is 14.4 Å². The molecule has 45 heteroatoms. The van der Waals surface area contributed by atoms with Gasteiger partial charge in [-0.05, 0) is 38.5 Å². The Morgan fingerprint density at radius 2 is 0.375 bits per heavy atom. The molecule has 0 aromatic heterocycles. The topological polar surface area (TPSA) is 78.9 Å². The predicted octanol–water partition coefficient (Wildman–Crippen LogP) is 21.7. The highest BCUT2D eigenvalue weighted by molar-refractivity contribution is 5.71. The zero-order valence-corrected chi connectivity index (χ0v) is 48.8. The van der Waals surface area contributed by atoms with E-state index in [-0.39, 0.29) is 96.3 Å². The third-order valence-electron chi connectivity index (χ3n) is 14.3. The van der Waals surface area contributed by atoms with Crippen LogP contribution in [0.4, 0.5) is 171 Å². The molecule has 0 aromatic carbocycles. The quantitative estimate of drug-likeness (QED) is 0.0261. The predicted molar refractivity (Wildman–Crippen MR) is 249 cm³/mol. The SMILES string of the molecule is O=C(CCCCCCCCCC(F)(F)C(F)(F)C(F)(F)C(F)(F)C(F)(F)C(F)(F)F)OCC(COC(=O)CCCCCCCCCC(F)(F)C(F)(F)C(F)(F)C(F)(F)C(F)(F)C(F)(F)F)OC(=O)CCCCCCCCCC(F)(F)C(F)(F)C(F)(F)C(F)(F)C(F)(F)C(F)(F)F. The molecule has 96 heavy (non-hydrogen) atoms. The lowest BCUT2D eigenvalue weighted by Gasteiger charge is -2.39. The van der Waals surface area contributed by atoms with E-state index in [1.54, 1.807) is 0 Å². The van der Waals surface area contributed by atoms with E-state index >= 15 is 0 Å². The van der Waals surface area contributed by atoms with Crippen LogP contribution in [0, 0.1) is 0 Å². The van der Waals surface area contributed by atoms with Gasteiger partial charge in [-0.2, -0.15) is 171 Å². The number of carbonyl (C=O) groups excluding carboxylic acids is 3. The Kier molecular flexibility index (Phi) is 31.9. The number of unbranched alkanes of at least 4 members (excludes halogenated alkanes) is 18. The molecule has 0 aliphatic heterocycles. The first kappa shape index (κ1) is 91.7. The summed E-state index contributed by atoms with van der Waals surface area (Å²) in [6.07, 6.45) is -38.9. The summed E-state index contributed by atoms with van der Waals surface area (Å²) in [5.74, 6) is -116. The van der Waals surface area contributed by atoms with Crippen LogP contribution in [0.2, 0.25) is 0 Å². The van der Waals surface area contributed by atoms with Crippen molar-refractivity contribution in [1.82, 2.24) is 0 Å². The molecule has 0 heterocycles. The minimum Gasteiger partial charge on any atom is -0.462 e. The second-order valence-corrected chi connectivity index (χ2v) is 21.9. The molecule has 0 spiro atoms. The molecule has 0 bridgehead atoms. The Morgan fingerprint density at radius 3 is 0.573 bits per heavy atom. The first-order valence-electron chi connectivity index (χ1n) is 28.1. The number of ether oxygens (including phenoxy) is 3. The van der Waals surface area contributed by atoms with Crippen LogP contribution in [0.25, 0.3) is 0 Å². The average Bonchev–Trinajstić information content (AvgIpc) is 0.729. The molecular formula is C51H59F39O6. The van der Waals surface area contributed by atoms with Crippen molar-refractivity contribution in [2.75, 3.05) is 13.2 Å². The van der Waals surface area contributed by atoms with E-state index in [4.69, 9.17) is 14.2 Å². The number of halogens is 39. The van der Waals surface area contributed by atoms with Crippen molar-refractivity contribution in [3.63, 3.8) is 0 Å². The Bertz CT molecular complexity index is 2270. The van der Waals surface area contributed by atoms with Crippen molar-refractivity contribution >= 4 is 17.9 Å². The summed E-state index contributed by atoms with van der Waals surface area (Å²) < 4.78 is 535. The fourth-order valence-corrected chi connectivity index (χ4v) is 8.25. The monoisotopic (exact) mass is 1510 g/mol. The fourth-order valence-electron chi connectivity index (χ4n) is 8.25. The zero-order chi connectivity index (χ0) is 75.9. The van der Waals surface area contributed by atoms with Crippen molar-refractivity contribution in [1.29, 1.82) is 0 Å². The van der Waals surface area contributed by atoms with Crippen molar-refractivity contribution in [3.05, 3.63) is 0 Å². The molecule has 0 fully saturated rings. The summed E-state index contributed by atoms with van der Waals surface area (Å²) in [5.41, 5.74) is 0. The molecule has 0 aliphatic carbocycles. The van der Waals surface area contributed by atoms with Crippen LogP contribution in [0.5, 0.6) is 0 Å². The lowest BCUT2D eigenvalue weighted by Crippen LogP contribution is -2.70. The number of rotatable bonds is 47. The summed E-state index contributed by atoms with van der Waals surface area (Å²) in [5, 5.41) is 0. The third kappa shape index (κ3) is 20.9. The van der Waals surface area contributed by atoms with Gasteiger partial charge in [0.25, 0.3) is 0 Å². The van der Waals surface area contributed by atoms with E-state index in [2.05, 4.69) is 0 Å². The van der Waals surface area contributed by atoms with Gasteiger partial charge in [0.15, 0.2) is 6.10 Å². The van der Waals surface area contributed by atoms with Gasteiger partial charge in [0, 0.05) is 38.5 Å².